The molecule has 1 unspecified atom stereocenters. The van der Waals surface area contributed by atoms with Gasteiger partial charge in [-0.05, 0) is 31.2 Å². The maximum absolute atomic E-state index is 6.09. The van der Waals surface area contributed by atoms with E-state index in [-0.39, 0.29) is 6.04 Å². The van der Waals surface area contributed by atoms with Gasteiger partial charge < -0.3 is 5.73 Å². The van der Waals surface area contributed by atoms with Crippen LogP contribution >= 0.6 is 11.3 Å². The molecule has 3 aromatic rings. The van der Waals surface area contributed by atoms with Crippen molar-refractivity contribution in [2.75, 3.05) is 0 Å². The van der Waals surface area contributed by atoms with Gasteiger partial charge in [-0.2, -0.15) is 0 Å². The van der Waals surface area contributed by atoms with Crippen LogP contribution in [0.25, 0.3) is 21.8 Å². The van der Waals surface area contributed by atoms with E-state index in [0.29, 0.717) is 0 Å². The van der Waals surface area contributed by atoms with Crippen molar-refractivity contribution in [2.45, 2.75) is 13.0 Å². The van der Waals surface area contributed by atoms with Crippen molar-refractivity contribution >= 4 is 11.3 Å². The molecule has 20 heavy (non-hydrogen) atoms. The van der Waals surface area contributed by atoms with Gasteiger partial charge in [0.25, 0.3) is 0 Å². The summed E-state index contributed by atoms with van der Waals surface area (Å²) in [6, 6.07) is 7.78. The second-order valence-corrected chi connectivity index (χ2v) is 5.52. The van der Waals surface area contributed by atoms with Crippen molar-refractivity contribution in [3.63, 3.8) is 0 Å². The summed E-state index contributed by atoms with van der Waals surface area (Å²) in [5.41, 5.74) is 9.14. The summed E-state index contributed by atoms with van der Waals surface area (Å²) in [6.07, 6.45) is 7.08. The lowest BCUT2D eigenvalue weighted by Crippen LogP contribution is -2.04. The fourth-order valence-electron chi connectivity index (χ4n) is 1.98. The Kier molecular flexibility index (Phi) is 3.54. The Labute approximate surface area is 121 Å². The number of thiazole rings is 1. The zero-order valence-corrected chi connectivity index (χ0v) is 11.8. The highest BCUT2D eigenvalue weighted by molar-refractivity contribution is 7.15. The highest BCUT2D eigenvalue weighted by Crippen LogP contribution is 2.36. The van der Waals surface area contributed by atoms with Crippen LogP contribution in [0, 0.1) is 0 Å². The number of pyridine rings is 2. The Morgan fingerprint density at radius 3 is 2.05 bits per heavy atom. The molecule has 3 rings (SSSR count). The minimum atomic E-state index is -0.0498. The summed E-state index contributed by atoms with van der Waals surface area (Å²) >= 11 is 1.63. The second kappa shape index (κ2) is 5.48. The minimum Gasteiger partial charge on any atom is -0.323 e. The van der Waals surface area contributed by atoms with E-state index in [2.05, 4.69) is 9.97 Å². The van der Waals surface area contributed by atoms with Crippen molar-refractivity contribution in [1.29, 1.82) is 0 Å². The summed E-state index contributed by atoms with van der Waals surface area (Å²) in [5, 5.41) is 0.964. The van der Waals surface area contributed by atoms with E-state index >= 15 is 0 Å². The summed E-state index contributed by atoms with van der Waals surface area (Å²) in [7, 11) is 0. The van der Waals surface area contributed by atoms with E-state index < -0.39 is 0 Å². The first kappa shape index (κ1) is 12.9. The van der Waals surface area contributed by atoms with Crippen LogP contribution in [0.2, 0.25) is 0 Å². The molecule has 0 spiro atoms. The first-order valence-corrected chi connectivity index (χ1v) is 7.14. The molecule has 100 valence electrons. The molecule has 5 heteroatoms. The second-order valence-electron chi connectivity index (χ2n) is 4.49. The van der Waals surface area contributed by atoms with Gasteiger partial charge in [-0.3, -0.25) is 9.97 Å². The number of nitrogens with two attached hydrogens (primary N) is 1. The van der Waals surface area contributed by atoms with Gasteiger partial charge in [0.05, 0.1) is 5.69 Å². The third kappa shape index (κ3) is 2.45. The van der Waals surface area contributed by atoms with Crippen LogP contribution in [-0.2, 0) is 0 Å². The molecule has 4 nitrogen and oxygen atoms in total. The molecule has 1 atom stereocenters. The third-order valence-corrected chi connectivity index (χ3v) is 4.25. The van der Waals surface area contributed by atoms with Gasteiger partial charge in [0, 0.05) is 46.8 Å². The lowest BCUT2D eigenvalue weighted by atomic mass is 10.1. The van der Waals surface area contributed by atoms with Crippen molar-refractivity contribution in [3.8, 4) is 21.8 Å². The van der Waals surface area contributed by atoms with Crippen LogP contribution in [0.15, 0.2) is 49.1 Å². The maximum atomic E-state index is 6.09. The first-order chi connectivity index (χ1) is 9.75. The van der Waals surface area contributed by atoms with Crippen molar-refractivity contribution in [2.24, 2.45) is 5.73 Å². The van der Waals surface area contributed by atoms with Gasteiger partial charge in [-0.1, -0.05) is 0 Å². The van der Waals surface area contributed by atoms with E-state index in [0.717, 1.165) is 26.7 Å². The SMILES string of the molecule is CC(N)c1sc(-c2ccncc2)nc1-c1ccncc1. The van der Waals surface area contributed by atoms with Crippen molar-refractivity contribution < 1.29 is 0 Å². The van der Waals surface area contributed by atoms with E-state index in [1.165, 1.54) is 0 Å². The Balaban J connectivity index is 2.13. The van der Waals surface area contributed by atoms with Crippen molar-refractivity contribution in [3.05, 3.63) is 53.9 Å². The standard InChI is InChI=1S/C15H14N4S/c1-10(16)14-13(11-2-6-17-7-3-11)19-15(20-14)12-4-8-18-9-5-12/h2-10H,16H2,1H3. The molecule has 0 radical (unpaired) electrons. The highest BCUT2D eigenvalue weighted by Gasteiger charge is 2.16. The summed E-state index contributed by atoms with van der Waals surface area (Å²) < 4.78 is 0. The average Bonchev–Trinajstić information content (AvgIpc) is 2.94. The van der Waals surface area contributed by atoms with Gasteiger partial charge in [0.2, 0.25) is 0 Å². The lowest BCUT2D eigenvalue weighted by molar-refractivity contribution is 0.837. The van der Waals surface area contributed by atoms with Gasteiger partial charge in [-0.25, -0.2) is 4.98 Å². The summed E-state index contributed by atoms with van der Waals surface area (Å²) in [5.74, 6) is 0. The molecule has 0 fully saturated rings. The normalized spacial score (nSPS) is 12.3. The monoisotopic (exact) mass is 282 g/mol. The largest absolute Gasteiger partial charge is 0.323 e. The minimum absolute atomic E-state index is 0.0498. The topological polar surface area (TPSA) is 64.7 Å². The number of hydrogen-bond acceptors (Lipinski definition) is 5. The molecule has 3 aromatic heterocycles. The number of aromatic nitrogens is 3. The Morgan fingerprint density at radius 2 is 1.50 bits per heavy atom. The number of rotatable bonds is 3. The predicted molar refractivity (Wildman–Crippen MR) is 81.2 cm³/mol. The van der Waals surface area contributed by atoms with Crippen LogP contribution < -0.4 is 5.73 Å². The molecule has 0 bridgehead atoms. The molecule has 0 amide bonds. The Morgan fingerprint density at radius 1 is 0.950 bits per heavy atom. The maximum Gasteiger partial charge on any atom is 0.124 e. The third-order valence-electron chi connectivity index (χ3n) is 2.95. The molecule has 0 aromatic carbocycles. The average molecular weight is 282 g/mol. The zero-order valence-electron chi connectivity index (χ0n) is 11.0. The molecule has 3 heterocycles. The highest BCUT2D eigenvalue weighted by atomic mass is 32.1. The van der Waals surface area contributed by atoms with Crippen LogP contribution in [0.1, 0.15) is 17.8 Å². The smallest absolute Gasteiger partial charge is 0.124 e. The molecule has 0 saturated carbocycles. The van der Waals surface area contributed by atoms with Gasteiger partial charge in [-0.15, -0.1) is 11.3 Å². The van der Waals surface area contributed by atoms with Crippen LogP contribution in [0.3, 0.4) is 0 Å². The fraction of sp³-hybridized carbons (Fsp3) is 0.133. The van der Waals surface area contributed by atoms with E-state index in [1.807, 2.05) is 31.2 Å². The van der Waals surface area contributed by atoms with E-state index in [4.69, 9.17) is 10.7 Å². The number of hydrogen-bond donors (Lipinski definition) is 1. The van der Waals surface area contributed by atoms with Crippen LogP contribution in [0.5, 0.6) is 0 Å². The molecule has 2 N–H and O–H groups in total. The summed E-state index contributed by atoms with van der Waals surface area (Å²) in [4.78, 5) is 13.9. The quantitative estimate of drug-likeness (QED) is 0.800. The van der Waals surface area contributed by atoms with Crippen LogP contribution in [-0.4, -0.2) is 15.0 Å². The Bertz CT molecular complexity index is 692. The van der Waals surface area contributed by atoms with Gasteiger partial charge >= 0.3 is 0 Å². The molecule has 0 aliphatic carbocycles. The van der Waals surface area contributed by atoms with Gasteiger partial charge in [0.15, 0.2) is 0 Å². The number of nitrogens with zero attached hydrogens (tertiary/aromatic N) is 3. The van der Waals surface area contributed by atoms with Gasteiger partial charge in [0.1, 0.15) is 5.01 Å². The molecule has 0 aliphatic heterocycles. The molecular formula is C15H14N4S. The fourth-order valence-corrected chi connectivity index (χ4v) is 3.02. The summed E-state index contributed by atoms with van der Waals surface area (Å²) in [6.45, 7) is 1.98. The first-order valence-electron chi connectivity index (χ1n) is 6.33. The molecule has 0 saturated heterocycles. The van der Waals surface area contributed by atoms with E-state index in [1.54, 1.807) is 36.1 Å². The predicted octanol–water partition coefficient (Wildman–Crippen LogP) is 3.29. The van der Waals surface area contributed by atoms with Crippen LogP contribution in [0.4, 0.5) is 0 Å². The van der Waals surface area contributed by atoms with Crippen molar-refractivity contribution in [1.82, 2.24) is 15.0 Å². The Hall–Kier alpha value is -2.11. The molecular weight excluding hydrogens is 268 g/mol. The molecule has 0 aliphatic rings. The zero-order chi connectivity index (χ0) is 13.9. The van der Waals surface area contributed by atoms with E-state index in [9.17, 15) is 0 Å². The lowest BCUT2D eigenvalue weighted by Gasteiger charge is -2.04.